The summed E-state index contributed by atoms with van der Waals surface area (Å²) < 4.78 is 6.15. The maximum atomic E-state index is 12.2. The summed E-state index contributed by atoms with van der Waals surface area (Å²) in [4.78, 5) is 16.4. The zero-order chi connectivity index (χ0) is 27.8. The van der Waals surface area contributed by atoms with Crippen molar-refractivity contribution in [3.8, 4) is 5.75 Å². The molecular weight excluding hydrogens is 470 g/mol. The smallest absolute Gasteiger partial charge is 0.160 e. The SMILES string of the molecule is CCCC(CCCc1ccc(/C(C)=C/C(C(C)=O)=C2/C=NC=CC2)cc1)COc1cccc(CC)c1.CO. The summed E-state index contributed by atoms with van der Waals surface area (Å²) in [6, 6.07) is 17.3. The van der Waals surface area contributed by atoms with Gasteiger partial charge in [-0.15, -0.1) is 0 Å². The number of hydrogen-bond acceptors (Lipinski definition) is 4. The Kier molecular flexibility index (Phi) is 14.1. The number of hydrogen-bond donors (Lipinski definition) is 1. The largest absolute Gasteiger partial charge is 0.493 e. The Balaban J connectivity index is 0.00000247. The van der Waals surface area contributed by atoms with E-state index in [1.807, 2.05) is 12.2 Å². The first-order chi connectivity index (χ1) is 18.5. The molecule has 3 rings (SSSR count). The summed E-state index contributed by atoms with van der Waals surface area (Å²) in [6.45, 7) is 8.91. The molecule has 38 heavy (non-hydrogen) atoms. The number of nitrogens with zero attached hydrogens (tertiary/aromatic N) is 1. The van der Waals surface area contributed by atoms with E-state index < -0.39 is 0 Å². The lowest BCUT2D eigenvalue weighted by Gasteiger charge is -2.17. The third-order valence-corrected chi connectivity index (χ3v) is 6.82. The Labute approximate surface area is 229 Å². The predicted molar refractivity (Wildman–Crippen MR) is 161 cm³/mol. The van der Waals surface area contributed by atoms with Gasteiger partial charge in [0.15, 0.2) is 5.78 Å². The molecule has 1 atom stereocenters. The Morgan fingerprint density at radius 2 is 1.82 bits per heavy atom. The molecule has 0 amide bonds. The van der Waals surface area contributed by atoms with Crippen molar-refractivity contribution < 1.29 is 14.6 Å². The maximum absolute atomic E-state index is 12.2. The summed E-state index contributed by atoms with van der Waals surface area (Å²) in [5, 5.41) is 7.00. The second-order valence-electron chi connectivity index (χ2n) is 9.75. The number of allylic oxidation sites excluding steroid dienone is 5. The molecule has 2 aromatic carbocycles. The van der Waals surface area contributed by atoms with Crippen LogP contribution in [0.3, 0.4) is 0 Å². The van der Waals surface area contributed by atoms with Crippen LogP contribution in [0.1, 0.15) is 76.5 Å². The number of rotatable bonds is 13. The topological polar surface area (TPSA) is 58.9 Å². The second kappa shape index (κ2) is 17.3. The van der Waals surface area contributed by atoms with Crippen molar-refractivity contribution in [3.05, 3.63) is 94.7 Å². The molecule has 0 spiro atoms. The Hall–Kier alpha value is -3.24. The molecule has 1 aliphatic heterocycles. The minimum absolute atomic E-state index is 0.0754. The van der Waals surface area contributed by atoms with Gasteiger partial charge >= 0.3 is 0 Å². The molecule has 2 aromatic rings. The molecule has 1 heterocycles. The van der Waals surface area contributed by atoms with Crippen molar-refractivity contribution >= 4 is 17.6 Å². The van der Waals surface area contributed by atoms with Crippen LogP contribution in [0.2, 0.25) is 0 Å². The predicted octanol–water partition coefficient (Wildman–Crippen LogP) is 7.95. The first-order valence-electron chi connectivity index (χ1n) is 13.9. The molecule has 0 bridgehead atoms. The fourth-order valence-electron chi connectivity index (χ4n) is 4.64. The molecule has 0 radical (unpaired) electrons. The van der Waals surface area contributed by atoms with E-state index in [9.17, 15) is 4.79 Å². The van der Waals surface area contributed by atoms with E-state index in [2.05, 4.69) is 74.3 Å². The number of aliphatic hydroxyl groups is 1. The van der Waals surface area contributed by atoms with Crippen molar-refractivity contribution in [1.29, 1.82) is 0 Å². The fourth-order valence-corrected chi connectivity index (χ4v) is 4.64. The number of ketones is 1. The molecule has 0 aromatic heterocycles. The average molecular weight is 516 g/mol. The van der Waals surface area contributed by atoms with Crippen LogP contribution >= 0.6 is 0 Å². The molecule has 0 fully saturated rings. The Morgan fingerprint density at radius 1 is 1.05 bits per heavy atom. The number of ether oxygens (including phenoxy) is 1. The second-order valence-corrected chi connectivity index (χ2v) is 9.75. The molecule has 1 unspecified atom stereocenters. The van der Waals surface area contributed by atoms with Gasteiger partial charge in [-0.2, -0.15) is 0 Å². The van der Waals surface area contributed by atoms with E-state index in [0.717, 1.165) is 67.4 Å². The van der Waals surface area contributed by atoms with Crippen molar-refractivity contribution in [2.24, 2.45) is 10.9 Å². The molecule has 4 heteroatoms. The van der Waals surface area contributed by atoms with E-state index in [1.54, 1.807) is 19.3 Å². The standard InChI is InChI=1S/C33H41NO2.CH4O/c1-5-10-29(24-36-32-15-8-11-27(6-2)22-32)13-7-12-28-16-18-30(19-17-28)25(3)21-33(26(4)35)31-14-9-20-34-23-31;1-2/h8-9,11,15-23,29H,5-7,10,12-14,24H2,1-4H3;2H,1H3/b25-21+,33-31-;. The highest BCUT2D eigenvalue weighted by molar-refractivity contribution is 6.04. The Bertz CT molecular complexity index is 1120. The first-order valence-corrected chi connectivity index (χ1v) is 13.9. The van der Waals surface area contributed by atoms with Gasteiger partial charge in [0.2, 0.25) is 0 Å². The highest BCUT2D eigenvalue weighted by atomic mass is 16.5. The summed E-state index contributed by atoms with van der Waals surface area (Å²) in [5.41, 5.74) is 6.64. The number of carbonyl (C=O) groups excluding carboxylic acids is 1. The number of benzene rings is 2. The zero-order valence-electron chi connectivity index (χ0n) is 23.9. The average Bonchev–Trinajstić information content (AvgIpc) is 2.96. The van der Waals surface area contributed by atoms with Crippen molar-refractivity contribution in [3.63, 3.8) is 0 Å². The highest BCUT2D eigenvalue weighted by Gasteiger charge is 2.11. The lowest BCUT2D eigenvalue weighted by molar-refractivity contribution is -0.113. The first kappa shape index (κ1) is 31.0. The lowest BCUT2D eigenvalue weighted by atomic mass is 9.94. The van der Waals surface area contributed by atoms with Crippen LogP contribution in [0.25, 0.3) is 5.57 Å². The van der Waals surface area contributed by atoms with E-state index in [1.165, 1.54) is 30.4 Å². The van der Waals surface area contributed by atoms with Crippen LogP contribution in [0.15, 0.2) is 83.0 Å². The molecule has 204 valence electrons. The van der Waals surface area contributed by atoms with Crippen LogP contribution in [-0.2, 0) is 17.6 Å². The van der Waals surface area contributed by atoms with Gasteiger partial charge in [0, 0.05) is 25.1 Å². The quantitative estimate of drug-likeness (QED) is 0.275. The normalized spacial score (nSPS) is 14.9. The third-order valence-electron chi connectivity index (χ3n) is 6.82. The van der Waals surface area contributed by atoms with E-state index in [0.29, 0.717) is 5.92 Å². The Morgan fingerprint density at radius 3 is 2.45 bits per heavy atom. The molecule has 0 aliphatic carbocycles. The molecule has 1 aliphatic rings. The van der Waals surface area contributed by atoms with E-state index >= 15 is 0 Å². The summed E-state index contributed by atoms with van der Waals surface area (Å²) in [7, 11) is 1.00. The van der Waals surface area contributed by atoms with Gasteiger partial charge in [0.1, 0.15) is 5.75 Å². The molecule has 1 N–H and O–H groups in total. The zero-order valence-corrected chi connectivity index (χ0v) is 23.9. The van der Waals surface area contributed by atoms with Gasteiger partial charge in [-0.1, -0.05) is 62.7 Å². The minimum Gasteiger partial charge on any atom is -0.493 e. The molecular formula is C34H45NO3. The number of aliphatic hydroxyl groups excluding tert-OH is 1. The van der Waals surface area contributed by atoms with Crippen LogP contribution in [0.4, 0.5) is 0 Å². The van der Waals surface area contributed by atoms with E-state index in [4.69, 9.17) is 9.84 Å². The van der Waals surface area contributed by atoms with Crippen molar-refractivity contribution in [2.75, 3.05) is 13.7 Å². The van der Waals surface area contributed by atoms with Crippen LogP contribution in [0, 0.1) is 5.92 Å². The molecule has 0 saturated carbocycles. The van der Waals surface area contributed by atoms with Crippen LogP contribution < -0.4 is 4.74 Å². The number of Topliss-reactive ketones (excluding diaryl/α,β-unsaturated/α-hetero) is 1. The molecule has 0 saturated heterocycles. The third kappa shape index (κ3) is 10.3. The van der Waals surface area contributed by atoms with Gasteiger partial charge in [-0.05, 0) is 104 Å². The highest BCUT2D eigenvalue weighted by Crippen LogP contribution is 2.23. The summed E-state index contributed by atoms with van der Waals surface area (Å²) in [6.07, 6.45) is 15.1. The van der Waals surface area contributed by atoms with Crippen molar-refractivity contribution in [1.82, 2.24) is 0 Å². The molecule has 4 nitrogen and oxygen atoms in total. The summed E-state index contributed by atoms with van der Waals surface area (Å²) >= 11 is 0. The van der Waals surface area contributed by atoms with Gasteiger partial charge in [-0.3, -0.25) is 9.79 Å². The van der Waals surface area contributed by atoms with Gasteiger partial charge in [0.05, 0.1) is 6.61 Å². The minimum atomic E-state index is 0.0754. The fraction of sp³-hybridized carbons (Fsp3) is 0.412. The van der Waals surface area contributed by atoms with Gasteiger partial charge < -0.3 is 9.84 Å². The van der Waals surface area contributed by atoms with Crippen molar-refractivity contribution in [2.45, 2.75) is 72.6 Å². The van der Waals surface area contributed by atoms with E-state index in [-0.39, 0.29) is 5.78 Å². The number of aryl methyl sites for hydroxylation is 2. The number of aliphatic imine (C=N–C) groups is 1. The van der Waals surface area contributed by atoms with Crippen LogP contribution in [-0.4, -0.2) is 30.8 Å². The summed E-state index contributed by atoms with van der Waals surface area (Å²) in [5.74, 6) is 1.65. The number of carbonyl (C=O) groups is 1. The van der Waals surface area contributed by atoms with Gasteiger partial charge in [-0.25, -0.2) is 0 Å². The van der Waals surface area contributed by atoms with Crippen LogP contribution in [0.5, 0.6) is 5.75 Å². The maximum Gasteiger partial charge on any atom is 0.160 e. The monoisotopic (exact) mass is 515 g/mol. The lowest BCUT2D eigenvalue weighted by Crippen LogP contribution is -2.12. The van der Waals surface area contributed by atoms with Gasteiger partial charge in [0.25, 0.3) is 0 Å².